The minimum atomic E-state index is -3.98. The fourth-order valence-electron chi connectivity index (χ4n) is 2.31. The molecule has 0 aliphatic rings. The lowest BCUT2D eigenvalue weighted by atomic mass is 10.2. The molecule has 0 saturated carbocycles. The number of aromatic nitrogens is 3. The maximum Gasteiger partial charge on any atom is 0.421 e. The van der Waals surface area contributed by atoms with Gasteiger partial charge in [0.25, 0.3) is 10.0 Å². The zero-order valence-electron chi connectivity index (χ0n) is 13.8. The van der Waals surface area contributed by atoms with E-state index in [-0.39, 0.29) is 4.90 Å². The lowest BCUT2D eigenvalue weighted by Gasteiger charge is -2.13. The molecule has 1 aromatic carbocycles. The summed E-state index contributed by atoms with van der Waals surface area (Å²) in [6, 6.07) is 6.16. The molecular weight excluding hydrogens is 364 g/mol. The first-order valence-corrected chi connectivity index (χ1v) is 9.67. The van der Waals surface area contributed by atoms with E-state index in [4.69, 9.17) is 4.74 Å². The summed E-state index contributed by atoms with van der Waals surface area (Å²) < 4.78 is 33.2. The Morgan fingerprint density at radius 3 is 2.60 bits per heavy atom. The van der Waals surface area contributed by atoms with E-state index in [1.54, 1.807) is 23.6 Å². The first kappa shape index (κ1) is 17.4. The number of nitrogens with one attached hydrogen (secondary N) is 1. The second kappa shape index (κ2) is 6.45. The van der Waals surface area contributed by atoms with Crippen LogP contribution in [0.3, 0.4) is 0 Å². The molecule has 0 saturated heterocycles. The summed E-state index contributed by atoms with van der Waals surface area (Å²) in [4.78, 5) is 17.5. The molecule has 10 heteroatoms. The molecule has 2 heterocycles. The topological polar surface area (TPSA) is 103 Å². The van der Waals surface area contributed by atoms with Gasteiger partial charge in [-0.15, -0.1) is 0 Å². The first-order chi connectivity index (χ1) is 11.8. The molecule has 0 aliphatic heterocycles. The number of ether oxygens (including phenoxy) is 1. The number of carbonyl (C=O) groups excluding carboxylic acids is 1. The van der Waals surface area contributed by atoms with Crippen LogP contribution in [0.4, 0.5) is 4.79 Å². The Morgan fingerprint density at radius 1 is 1.28 bits per heavy atom. The third-order valence-corrected chi connectivity index (χ3v) is 6.23. The van der Waals surface area contributed by atoms with Crippen LogP contribution in [-0.2, 0) is 14.8 Å². The fraction of sp³-hybridized carbons (Fsp3) is 0.267. The van der Waals surface area contributed by atoms with Gasteiger partial charge in [-0.25, -0.2) is 27.4 Å². The van der Waals surface area contributed by atoms with Crippen molar-refractivity contribution in [1.29, 1.82) is 0 Å². The van der Waals surface area contributed by atoms with Gasteiger partial charge < -0.3 is 4.74 Å². The highest BCUT2D eigenvalue weighted by Crippen LogP contribution is 2.29. The van der Waals surface area contributed by atoms with Gasteiger partial charge in [-0.1, -0.05) is 29.0 Å². The Hall–Kier alpha value is -2.46. The van der Waals surface area contributed by atoms with Crippen LogP contribution in [0.1, 0.15) is 29.2 Å². The van der Waals surface area contributed by atoms with Crippen LogP contribution in [0.2, 0.25) is 0 Å². The average molecular weight is 380 g/mol. The van der Waals surface area contributed by atoms with Gasteiger partial charge in [0.2, 0.25) is 4.96 Å². The van der Waals surface area contributed by atoms with Gasteiger partial charge in [0.1, 0.15) is 12.4 Å². The SMILES string of the molecule is Cc1ccc(S(=O)(=O)NC(=O)O[C@H](C)c2sc3ncnn3c2C)cc1. The number of hydrogen-bond acceptors (Lipinski definition) is 7. The molecule has 1 N–H and O–H groups in total. The van der Waals surface area contributed by atoms with Crippen LogP contribution < -0.4 is 4.72 Å². The van der Waals surface area contributed by atoms with Crippen molar-refractivity contribution in [2.24, 2.45) is 0 Å². The Labute approximate surface area is 148 Å². The third kappa shape index (κ3) is 3.49. The van der Waals surface area contributed by atoms with Gasteiger partial charge in [0, 0.05) is 0 Å². The Morgan fingerprint density at radius 2 is 1.96 bits per heavy atom. The molecule has 0 fully saturated rings. The maximum absolute atomic E-state index is 12.2. The average Bonchev–Trinajstić information content (AvgIpc) is 3.10. The lowest BCUT2D eigenvalue weighted by molar-refractivity contribution is 0.114. The third-order valence-electron chi connectivity index (χ3n) is 3.59. The molecule has 0 radical (unpaired) electrons. The number of sulfonamides is 1. The molecule has 3 rings (SSSR count). The monoisotopic (exact) mass is 380 g/mol. The Balaban J connectivity index is 1.72. The van der Waals surface area contributed by atoms with Crippen molar-refractivity contribution >= 4 is 32.4 Å². The molecule has 0 bridgehead atoms. The van der Waals surface area contributed by atoms with E-state index in [0.29, 0.717) is 4.96 Å². The zero-order chi connectivity index (χ0) is 18.2. The van der Waals surface area contributed by atoms with Crippen LogP contribution in [-0.4, -0.2) is 29.1 Å². The van der Waals surface area contributed by atoms with E-state index in [1.165, 1.54) is 29.8 Å². The summed E-state index contributed by atoms with van der Waals surface area (Å²) in [5.74, 6) is 0. The van der Waals surface area contributed by atoms with E-state index in [9.17, 15) is 13.2 Å². The van der Waals surface area contributed by atoms with E-state index in [2.05, 4.69) is 10.1 Å². The number of fused-ring (bicyclic) bond motifs is 1. The molecule has 0 spiro atoms. The summed E-state index contributed by atoms with van der Waals surface area (Å²) in [5.41, 5.74) is 1.71. The van der Waals surface area contributed by atoms with Crippen molar-refractivity contribution < 1.29 is 17.9 Å². The number of aryl methyl sites for hydroxylation is 2. The predicted molar refractivity (Wildman–Crippen MR) is 92.0 cm³/mol. The molecule has 3 aromatic rings. The van der Waals surface area contributed by atoms with Crippen molar-refractivity contribution in [3.8, 4) is 0 Å². The maximum atomic E-state index is 12.2. The largest absolute Gasteiger partial charge is 0.440 e. The molecule has 0 unspecified atom stereocenters. The molecule has 25 heavy (non-hydrogen) atoms. The van der Waals surface area contributed by atoms with Crippen LogP contribution in [0.25, 0.3) is 4.96 Å². The number of hydrogen-bond donors (Lipinski definition) is 1. The molecule has 0 aliphatic carbocycles. The van der Waals surface area contributed by atoms with Crippen LogP contribution >= 0.6 is 11.3 Å². The van der Waals surface area contributed by atoms with Crippen LogP contribution in [0.5, 0.6) is 0 Å². The van der Waals surface area contributed by atoms with Gasteiger partial charge in [0.05, 0.1) is 15.5 Å². The lowest BCUT2D eigenvalue weighted by Crippen LogP contribution is -2.31. The first-order valence-electron chi connectivity index (χ1n) is 7.37. The molecule has 1 atom stereocenters. The van der Waals surface area contributed by atoms with E-state index < -0.39 is 22.2 Å². The molecule has 132 valence electrons. The van der Waals surface area contributed by atoms with Crippen molar-refractivity contribution in [1.82, 2.24) is 19.3 Å². The van der Waals surface area contributed by atoms with Crippen LogP contribution in [0.15, 0.2) is 35.5 Å². The molecular formula is C15H16N4O4S2. The second-order valence-corrected chi connectivity index (χ2v) is 8.16. The van der Waals surface area contributed by atoms with Crippen molar-refractivity contribution in [2.75, 3.05) is 0 Å². The normalized spacial score (nSPS) is 12.9. The predicted octanol–water partition coefficient (Wildman–Crippen LogP) is 2.58. The van der Waals surface area contributed by atoms with Gasteiger partial charge in [-0.2, -0.15) is 5.10 Å². The highest BCUT2D eigenvalue weighted by atomic mass is 32.2. The smallest absolute Gasteiger partial charge is 0.421 e. The molecule has 1 amide bonds. The summed E-state index contributed by atoms with van der Waals surface area (Å²) in [6.45, 7) is 5.33. The van der Waals surface area contributed by atoms with Gasteiger partial charge in [-0.3, -0.25) is 0 Å². The number of nitrogens with zero attached hydrogens (tertiary/aromatic N) is 3. The standard InChI is InChI=1S/C15H16N4O4S2/c1-9-4-6-12(7-5-9)25(21,22)18-15(20)23-11(3)13-10(2)19-14(24-13)16-8-17-19/h4-8,11H,1-3H3,(H,18,20)/t11-/m1/s1. The highest BCUT2D eigenvalue weighted by Gasteiger charge is 2.23. The summed E-state index contributed by atoms with van der Waals surface area (Å²) in [5, 5.41) is 4.07. The second-order valence-electron chi connectivity index (χ2n) is 5.47. The van der Waals surface area contributed by atoms with Gasteiger partial charge in [0.15, 0.2) is 0 Å². The van der Waals surface area contributed by atoms with Gasteiger partial charge in [-0.05, 0) is 32.9 Å². The molecule has 2 aromatic heterocycles. The minimum Gasteiger partial charge on any atom is -0.440 e. The van der Waals surface area contributed by atoms with E-state index in [0.717, 1.165) is 16.1 Å². The summed E-state index contributed by atoms with van der Waals surface area (Å²) in [6.07, 6.45) is -0.233. The van der Waals surface area contributed by atoms with E-state index >= 15 is 0 Å². The highest BCUT2D eigenvalue weighted by molar-refractivity contribution is 7.90. The summed E-state index contributed by atoms with van der Waals surface area (Å²) in [7, 11) is -3.98. The number of amides is 1. The van der Waals surface area contributed by atoms with Crippen molar-refractivity contribution in [3.63, 3.8) is 0 Å². The quantitative estimate of drug-likeness (QED) is 0.746. The van der Waals surface area contributed by atoms with E-state index in [1.807, 2.05) is 18.6 Å². The van der Waals surface area contributed by atoms with Crippen molar-refractivity contribution in [3.05, 3.63) is 46.7 Å². The zero-order valence-corrected chi connectivity index (χ0v) is 15.4. The van der Waals surface area contributed by atoms with Crippen LogP contribution in [0, 0.1) is 13.8 Å². The fourth-order valence-corrected chi connectivity index (χ4v) is 4.20. The number of rotatable bonds is 4. The number of thiazole rings is 1. The van der Waals surface area contributed by atoms with Gasteiger partial charge >= 0.3 is 6.09 Å². The summed E-state index contributed by atoms with van der Waals surface area (Å²) >= 11 is 1.33. The number of carbonyl (C=O) groups is 1. The minimum absolute atomic E-state index is 0.00215. The van der Waals surface area contributed by atoms with Crippen molar-refractivity contribution in [2.45, 2.75) is 31.8 Å². The Kier molecular flexibility index (Phi) is 4.48. The Bertz CT molecular complexity index is 1020. The number of benzene rings is 1. The molecule has 8 nitrogen and oxygen atoms in total.